The first-order valence-corrected chi connectivity index (χ1v) is 11.3. The molecule has 0 aliphatic heterocycles. The quantitative estimate of drug-likeness (QED) is 0.255. The van der Waals surface area contributed by atoms with E-state index < -0.39 is 6.04 Å². The Balaban J connectivity index is 3.20. The number of hydrogen-bond donors (Lipinski definition) is 3. The summed E-state index contributed by atoms with van der Waals surface area (Å²) in [6.45, 7) is 3.33. The molecule has 0 saturated heterocycles. The van der Waals surface area contributed by atoms with Gasteiger partial charge in [0.15, 0.2) is 5.78 Å². The van der Waals surface area contributed by atoms with E-state index in [0.29, 0.717) is 19.5 Å². The number of carbonyl (C=O) groups excluding carboxylic acids is 1. The Morgan fingerprint density at radius 2 is 1.23 bits per heavy atom. The smallest absolute Gasteiger partial charge is 0.150 e. The highest BCUT2D eigenvalue weighted by Gasteiger charge is 2.11. The monoisotopic (exact) mass is 370 g/mol. The molecule has 4 heteroatoms. The number of ketones is 1. The molecule has 4 nitrogen and oxygen atoms in total. The Morgan fingerprint density at radius 1 is 0.808 bits per heavy atom. The van der Waals surface area contributed by atoms with E-state index in [9.17, 15) is 4.79 Å². The van der Waals surface area contributed by atoms with E-state index in [-0.39, 0.29) is 12.4 Å². The molecule has 1 unspecified atom stereocenters. The zero-order valence-electron chi connectivity index (χ0n) is 17.4. The van der Waals surface area contributed by atoms with Gasteiger partial charge in [-0.3, -0.25) is 4.79 Å². The number of nitrogens with one attached hydrogen (secondary N) is 1. The van der Waals surface area contributed by atoms with E-state index in [1.54, 1.807) is 0 Å². The highest BCUT2D eigenvalue weighted by molar-refractivity contribution is 5.83. The van der Waals surface area contributed by atoms with Crippen LogP contribution in [0.2, 0.25) is 0 Å². The van der Waals surface area contributed by atoms with Crippen molar-refractivity contribution in [3.8, 4) is 0 Å². The summed E-state index contributed by atoms with van der Waals surface area (Å²) in [4.78, 5) is 11.8. The third-order valence-corrected chi connectivity index (χ3v) is 5.09. The van der Waals surface area contributed by atoms with E-state index in [0.717, 1.165) is 12.8 Å². The molecule has 0 spiro atoms. The SMILES string of the molecule is CCCCCCCCCCCCCCCCCC(=O)C(N)CNCCO. The molecular weight excluding hydrogens is 324 g/mol. The fourth-order valence-electron chi connectivity index (χ4n) is 3.31. The molecular formula is C22H46N2O2. The molecule has 26 heavy (non-hydrogen) atoms. The zero-order chi connectivity index (χ0) is 19.3. The summed E-state index contributed by atoms with van der Waals surface area (Å²) in [6.07, 6.45) is 20.6. The second-order valence-corrected chi connectivity index (χ2v) is 7.70. The van der Waals surface area contributed by atoms with E-state index in [2.05, 4.69) is 12.2 Å². The van der Waals surface area contributed by atoms with Gasteiger partial charge in [-0.2, -0.15) is 0 Å². The lowest BCUT2D eigenvalue weighted by atomic mass is 10.0. The number of rotatable bonds is 21. The summed E-state index contributed by atoms with van der Waals surface area (Å²) in [7, 11) is 0. The highest BCUT2D eigenvalue weighted by Crippen LogP contribution is 2.13. The standard InChI is InChI=1S/C22H46N2O2/c1-2-3-4-5-6-7-8-9-10-11-12-13-14-15-16-17-22(26)21(23)20-24-18-19-25/h21,24-25H,2-20,23H2,1H3. The van der Waals surface area contributed by atoms with Crippen LogP contribution in [-0.4, -0.2) is 36.6 Å². The van der Waals surface area contributed by atoms with Gasteiger partial charge in [-0.1, -0.05) is 96.8 Å². The van der Waals surface area contributed by atoms with Gasteiger partial charge in [0.25, 0.3) is 0 Å². The van der Waals surface area contributed by atoms with Crippen molar-refractivity contribution < 1.29 is 9.90 Å². The first kappa shape index (κ1) is 25.6. The van der Waals surface area contributed by atoms with E-state index in [1.807, 2.05) is 0 Å². The summed E-state index contributed by atoms with van der Waals surface area (Å²) < 4.78 is 0. The molecule has 4 N–H and O–H groups in total. The molecule has 0 radical (unpaired) electrons. The predicted molar refractivity (Wildman–Crippen MR) is 112 cm³/mol. The minimum Gasteiger partial charge on any atom is -0.395 e. The third kappa shape index (κ3) is 18.3. The van der Waals surface area contributed by atoms with E-state index in [1.165, 1.54) is 83.5 Å². The average Bonchev–Trinajstić information content (AvgIpc) is 2.64. The van der Waals surface area contributed by atoms with Crippen LogP contribution in [0.4, 0.5) is 0 Å². The van der Waals surface area contributed by atoms with Crippen LogP contribution in [0.3, 0.4) is 0 Å². The van der Waals surface area contributed by atoms with Crippen molar-refractivity contribution in [1.29, 1.82) is 0 Å². The van der Waals surface area contributed by atoms with Crippen LogP contribution in [-0.2, 0) is 4.79 Å². The largest absolute Gasteiger partial charge is 0.395 e. The fraction of sp³-hybridized carbons (Fsp3) is 0.955. The van der Waals surface area contributed by atoms with Crippen LogP contribution in [0.15, 0.2) is 0 Å². The van der Waals surface area contributed by atoms with Crippen LogP contribution >= 0.6 is 0 Å². The molecule has 0 bridgehead atoms. The number of aliphatic hydroxyl groups is 1. The summed E-state index contributed by atoms with van der Waals surface area (Å²) in [5, 5.41) is 11.7. The number of carbonyl (C=O) groups is 1. The van der Waals surface area contributed by atoms with Crippen molar-refractivity contribution in [2.75, 3.05) is 19.7 Å². The van der Waals surface area contributed by atoms with Crippen LogP contribution in [0.1, 0.15) is 110 Å². The van der Waals surface area contributed by atoms with E-state index >= 15 is 0 Å². The maximum atomic E-state index is 11.8. The summed E-state index contributed by atoms with van der Waals surface area (Å²) in [5.41, 5.74) is 5.82. The predicted octanol–water partition coefficient (Wildman–Crippen LogP) is 4.73. The van der Waals surface area contributed by atoms with Crippen LogP contribution < -0.4 is 11.1 Å². The molecule has 156 valence electrons. The minimum atomic E-state index is -0.423. The lowest BCUT2D eigenvalue weighted by Crippen LogP contribution is -2.41. The molecule has 0 amide bonds. The minimum absolute atomic E-state index is 0.0833. The van der Waals surface area contributed by atoms with Gasteiger partial charge in [-0.05, 0) is 6.42 Å². The van der Waals surface area contributed by atoms with E-state index in [4.69, 9.17) is 10.8 Å². The van der Waals surface area contributed by atoms with Crippen LogP contribution in [0.25, 0.3) is 0 Å². The van der Waals surface area contributed by atoms with Crippen LogP contribution in [0.5, 0.6) is 0 Å². The molecule has 0 aromatic rings. The van der Waals surface area contributed by atoms with Gasteiger partial charge in [0, 0.05) is 19.5 Å². The summed E-state index contributed by atoms with van der Waals surface area (Å²) >= 11 is 0. The molecule has 0 aliphatic rings. The first-order valence-electron chi connectivity index (χ1n) is 11.3. The molecule has 0 aromatic heterocycles. The number of Topliss-reactive ketones (excluding diaryl/α,β-unsaturated/α-hetero) is 1. The average molecular weight is 371 g/mol. The van der Waals surface area contributed by atoms with Gasteiger partial charge in [-0.15, -0.1) is 0 Å². The van der Waals surface area contributed by atoms with Crippen molar-refractivity contribution in [3.63, 3.8) is 0 Å². The molecule has 0 rings (SSSR count). The normalized spacial score (nSPS) is 12.4. The first-order chi connectivity index (χ1) is 12.7. The van der Waals surface area contributed by atoms with Gasteiger partial charge in [0.2, 0.25) is 0 Å². The molecule has 1 atom stereocenters. The number of hydrogen-bond acceptors (Lipinski definition) is 4. The molecule has 0 aromatic carbocycles. The Labute approximate surface area is 162 Å². The molecule has 0 heterocycles. The van der Waals surface area contributed by atoms with Gasteiger partial charge in [0.05, 0.1) is 12.6 Å². The summed E-state index contributed by atoms with van der Waals surface area (Å²) in [5.74, 6) is 0.144. The fourth-order valence-corrected chi connectivity index (χ4v) is 3.31. The maximum Gasteiger partial charge on any atom is 0.150 e. The number of unbranched alkanes of at least 4 members (excludes halogenated alkanes) is 14. The Bertz CT molecular complexity index is 298. The van der Waals surface area contributed by atoms with Crippen LogP contribution in [0, 0.1) is 0 Å². The Kier molecular flexibility index (Phi) is 20.5. The van der Waals surface area contributed by atoms with Crippen molar-refractivity contribution in [2.24, 2.45) is 5.73 Å². The topological polar surface area (TPSA) is 75.4 Å². The van der Waals surface area contributed by atoms with Gasteiger partial charge >= 0.3 is 0 Å². The summed E-state index contributed by atoms with van der Waals surface area (Å²) in [6, 6.07) is -0.423. The molecule has 0 saturated carbocycles. The second-order valence-electron chi connectivity index (χ2n) is 7.70. The second kappa shape index (κ2) is 20.9. The number of aliphatic hydroxyl groups excluding tert-OH is 1. The van der Waals surface area contributed by atoms with Gasteiger partial charge < -0.3 is 16.2 Å². The zero-order valence-corrected chi connectivity index (χ0v) is 17.4. The van der Waals surface area contributed by atoms with Gasteiger partial charge in [0.1, 0.15) is 0 Å². The Hall–Kier alpha value is -0.450. The lowest BCUT2D eigenvalue weighted by Gasteiger charge is -2.11. The molecule has 0 fully saturated rings. The van der Waals surface area contributed by atoms with Crippen molar-refractivity contribution in [2.45, 2.75) is 116 Å². The molecule has 0 aliphatic carbocycles. The third-order valence-electron chi connectivity index (χ3n) is 5.09. The van der Waals surface area contributed by atoms with Crippen molar-refractivity contribution in [3.05, 3.63) is 0 Å². The number of nitrogens with two attached hydrogens (primary N) is 1. The van der Waals surface area contributed by atoms with Crippen molar-refractivity contribution >= 4 is 5.78 Å². The lowest BCUT2D eigenvalue weighted by molar-refractivity contribution is -0.120. The maximum absolute atomic E-state index is 11.8. The Morgan fingerprint density at radius 3 is 1.65 bits per heavy atom. The highest BCUT2D eigenvalue weighted by atomic mass is 16.3. The van der Waals surface area contributed by atoms with Crippen molar-refractivity contribution in [1.82, 2.24) is 5.32 Å². The van der Waals surface area contributed by atoms with Gasteiger partial charge in [-0.25, -0.2) is 0 Å².